The van der Waals surface area contributed by atoms with Gasteiger partial charge >= 0.3 is 0 Å². The fraction of sp³-hybridized carbons (Fsp3) is 1.00. The summed E-state index contributed by atoms with van der Waals surface area (Å²) >= 11 is 0. The van der Waals surface area contributed by atoms with Crippen molar-refractivity contribution in [2.24, 2.45) is 5.92 Å². The van der Waals surface area contributed by atoms with Gasteiger partial charge in [-0.2, -0.15) is 0 Å². The summed E-state index contributed by atoms with van der Waals surface area (Å²) < 4.78 is 5.45. The standard InChI is InChI=1S/C12H23NO2/c1-12(5-2-6-12)13-7-11(14)9-15-8-10-3-4-10/h10-11,13-14H,2-9H2,1H3. The summed E-state index contributed by atoms with van der Waals surface area (Å²) in [4.78, 5) is 0. The van der Waals surface area contributed by atoms with Gasteiger partial charge in [-0.15, -0.1) is 0 Å². The highest BCUT2D eigenvalue weighted by atomic mass is 16.5. The first-order valence-corrected chi connectivity index (χ1v) is 6.19. The Morgan fingerprint density at radius 3 is 2.73 bits per heavy atom. The average Bonchev–Trinajstić information content (AvgIpc) is 2.95. The minimum absolute atomic E-state index is 0.289. The van der Waals surface area contributed by atoms with Crippen molar-refractivity contribution in [2.75, 3.05) is 19.8 Å². The quantitative estimate of drug-likeness (QED) is 0.670. The summed E-state index contributed by atoms with van der Waals surface area (Å²) in [6.07, 6.45) is 6.07. The van der Waals surface area contributed by atoms with Crippen LogP contribution in [-0.2, 0) is 4.74 Å². The monoisotopic (exact) mass is 213 g/mol. The number of β-amino-alcohol motifs (C(OH)–C–C–N with tert-alkyl or cyclic N) is 1. The van der Waals surface area contributed by atoms with E-state index >= 15 is 0 Å². The summed E-state index contributed by atoms with van der Waals surface area (Å²) in [5.74, 6) is 0.786. The zero-order valence-corrected chi connectivity index (χ0v) is 9.67. The fourth-order valence-electron chi connectivity index (χ4n) is 1.96. The van der Waals surface area contributed by atoms with Crippen molar-refractivity contribution < 1.29 is 9.84 Å². The molecule has 0 bridgehead atoms. The molecule has 0 radical (unpaired) electrons. The van der Waals surface area contributed by atoms with E-state index in [2.05, 4.69) is 12.2 Å². The highest BCUT2D eigenvalue weighted by Crippen LogP contribution is 2.30. The van der Waals surface area contributed by atoms with E-state index in [9.17, 15) is 5.11 Å². The first kappa shape index (κ1) is 11.4. The van der Waals surface area contributed by atoms with Crippen molar-refractivity contribution in [1.82, 2.24) is 5.32 Å². The molecule has 1 unspecified atom stereocenters. The Labute approximate surface area is 92.2 Å². The van der Waals surface area contributed by atoms with Crippen LogP contribution in [0.3, 0.4) is 0 Å². The molecular formula is C12H23NO2. The predicted molar refractivity (Wildman–Crippen MR) is 59.8 cm³/mol. The van der Waals surface area contributed by atoms with E-state index in [4.69, 9.17) is 4.74 Å². The Bertz CT molecular complexity index is 200. The molecule has 0 spiro atoms. The molecule has 15 heavy (non-hydrogen) atoms. The second-order valence-corrected chi connectivity index (χ2v) is 5.43. The molecule has 0 saturated heterocycles. The molecular weight excluding hydrogens is 190 g/mol. The fourth-order valence-corrected chi connectivity index (χ4v) is 1.96. The van der Waals surface area contributed by atoms with Crippen LogP contribution in [0.2, 0.25) is 0 Å². The van der Waals surface area contributed by atoms with Crippen molar-refractivity contribution in [3.05, 3.63) is 0 Å². The number of rotatable bonds is 7. The lowest BCUT2D eigenvalue weighted by molar-refractivity contribution is 0.0253. The van der Waals surface area contributed by atoms with Crippen LogP contribution < -0.4 is 5.32 Å². The van der Waals surface area contributed by atoms with Gasteiger partial charge in [0.1, 0.15) is 0 Å². The van der Waals surface area contributed by atoms with E-state index in [-0.39, 0.29) is 11.6 Å². The van der Waals surface area contributed by atoms with Crippen LogP contribution in [0.15, 0.2) is 0 Å². The third kappa shape index (κ3) is 3.74. The second kappa shape index (κ2) is 4.81. The Morgan fingerprint density at radius 2 is 2.20 bits per heavy atom. The van der Waals surface area contributed by atoms with E-state index in [1.165, 1.54) is 32.1 Å². The zero-order valence-electron chi connectivity index (χ0n) is 9.67. The van der Waals surface area contributed by atoms with Crippen LogP contribution in [-0.4, -0.2) is 36.5 Å². The van der Waals surface area contributed by atoms with Crippen LogP contribution in [0.5, 0.6) is 0 Å². The molecule has 3 nitrogen and oxygen atoms in total. The molecule has 2 aliphatic rings. The molecule has 0 heterocycles. The zero-order chi connectivity index (χ0) is 10.7. The van der Waals surface area contributed by atoms with Gasteiger partial charge in [-0.1, -0.05) is 0 Å². The molecule has 2 N–H and O–H groups in total. The number of nitrogens with one attached hydrogen (secondary N) is 1. The molecule has 0 aromatic heterocycles. The van der Waals surface area contributed by atoms with Gasteiger partial charge in [-0.3, -0.25) is 0 Å². The van der Waals surface area contributed by atoms with Crippen LogP contribution in [0.4, 0.5) is 0 Å². The van der Waals surface area contributed by atoms with Gasteiger partial charge in [-0.05, 0) is 44.9 Å². The topological polar surface area (TPSA) is 41.5 Å². The molecule has 88 valence electrons. The Hall–Kier alpha value is -0.120. The van der Waals surface area contributed by atoms with E-state index < -0.39 is 0 Å². The molecule has 0 aromatic carbocycles. The maximum atomic E-state index is 9.68. The summed E-state index contributed by atoms with van der Waals surface area (Å²) in [6.45, 7) is 4.23. The summed E-state index contributed by atoms with van der Waals surface area (Å²) in [5.41, 5.74) is 0.289. The summed E-state index contributed by atoms with van der Waals surface area (Å²) in [5, 5.41) is 13.1. The summed E-state index contributed by atoms with van der Waals surface area (Å²) in [7, 11) is 0. The van der Waals surface area contributed by atoms with Gasteiger partial charge in [0.15, 0.2) is 0 Å². The average molecular weight is 213 g/mol. The first-order chi connectivity index (χ1) is 7.18. The molecule has 2 aliphatic carbocycles. The summed E-state index contributed by atoms with van der Waals surface area (Å²) in [6, 6.07) is 0. The molecule has 1 atom stereocenters. The number of aliphatic hydroxyl groups excluding tert-OH is 1. The largest absolute Gasteiger partial charge is 0.389 e. The maximum Gasteiger partial charge on any atom is 0.0897 e. The van der Waals surface area contributed by atoms with E-state index in [1.54, 1.807) is 0 Å². The Morgan fingerprint density at radius 1 is 1.47 bits per heavy atom. The van der Waals surface area contributed by atoms with Crippen molar-refractivity contribution in [3.63, 3.8) is 0 Å². The van der Waals surface area contributed by atoms with Crippen LogP contribution in [0, 0.1) is 5.92 Å². The molecule has 2 saturated carbocycles. The highest BCUT2D eigenvalue weighted by molar-refractivity contribution is 4.91. The van der Waals surface area contributed by atoms with Crippen molar-refractivity contribution in [1.29, 1.82) is 0 Å². The van der Waals surface area contributed by atoms with Crippen LogP contribution in [0.1, 0.15) is 39.0 Å². The van der Waals surface area contributed by atoms with Crippen molar-refractivity contribution in [3.8, 4) is 0 Å². The predicted octanol–water partition coefficient (Wildman–Crippen LogP) is 1.31. The Kier molecular flexibility index (Phi) is 3.65. The number of hydrogen-bond acceptors (Lipinski definition) is 3. The lowest BCUT2D eigenvalue weighted by Gasteiger charge is -2.40. The Balaban J connectivity index is 1.49. The lowest BCUT2D eigenvalue weighted by Crippen LogP contribution is -2.51. The molecule has 0 amide bonds. The number of aliphatic hydroxyl groups is 1. The van der Waals surface area contributed by atoms with E-state index in [0.29, 0.717) is 13.2 Å². The number of hydrogen-bond donors (Lipinski definition) is 2. The first-order valence-electron chi connectivity index (χ1n) is 6.19. The molecule has 3 heteroatoms. The maximum absolute atomic E-state index is 9.68. The van der Waals surface area contributed by atoms with Gasteiger partial charge in [0.25, 0.3) is 0 Å². The van der Waals surface area contributed by atoms with Crippen molar-refractivity contribution >= 4 is 0 Å². The van der Waals surface area contributed by atoms with Crippen LogP contribution >= 0.6 is 0 Å². The second-order valence-electron chi connectivity index (χ2n) is 5.43. The van der Waals surface area contributed by atoms with E-state index in [1.807, 2.05) is 0 Å². The van der Waals surface area contributed by atoms with Gasteiger partial charge in [0.05, 0.1) is 12.7 Å². The SMILES string of the molecule is CC1(NCC(O)COCC2CC2)CCC1. The third-order valence-electron chi connectivity index (χ3n) is 3.58. The molecule has 2 rings (SSSR count). The highest BCUT2D eigenvalue weighted by Gasteiger charge is 2.31. The van der Waals surface area contributed by atoms with Crippen LogP contribution in [0.25, 0.3) is 0 Å². The van der Waals surface area contributed by atoms with Gasteiger partial charge in [0.2, 0.25) is 0 Å². The molecule has 0 aromatic rings. The minimum Gasteiger partial charge on any atom is -0.389 e. The lowest BCUT2D eigenvalue weighted by atomic mass is 9.78. The molecule has 2 fully saturated rings. The molecule has 0 aliphatic heterocycles. The van der Waals surface area contributed by atoms with E-state index in [0.717, 1.165) is 12.5 Å². The van der Waals surface area contributed by atoms with Gasteiger partial charge in [-0.25, -0.2) is 0 Å². The smallest absolute Gasteiger partial charge is 0.0897 e. The van der Waals surface area contributed by atoms with Gasteiger partial charge in [0, 0.05) is 18.7 Å². The number of ether oxygens (including phenoxy) is 1. The van der Waals surface area contributed by atoms with Crippen molar-refractivity contribution in [2.45, 2.75) is 50.7 Å². The third-order valence-corrected chi connectivity index (χ3v) is 3.58. The minimum atomic E-state index is -0.346. The van der Waals surface area contributed by atoms with Gasteiger partial charge < -0.3 is 15.2 Å². The normalized spacial score (nSPS) is 26.0.